The molecule has 35 heavy (non-hydrogen) atoms. The van der Waals surface area contributed by atoms with E-state index >= 15 is 0 Å². The predicted octanol–water partition coefficient (Wildman–Crippen LogP) is 7.70. The van der Waals surface area contributed by atoms with Gasteiger partial charge in [0.1, 0.15) is 0 Å². The molecule has 5 aliphatic rings. The number of hydrogen-bond acceptors (Lipinski definition) is 3. The van der Waals surface area contributed by atoms with Crippen molar-refractivity contribution >= 4 is 11.8 Å². The second-order valence-corrected chi connectivity index (χ2v) is 13.6. The highest BCUT2D eigenvalue weighted by Gasteiger charge is 2.59. The quantitative estimate of drug-likeness (QED) is 0.439. The van der Waals surface area contributed by atoms with Gasteiger partial charge in [0, 0.05) is 28.6 Å². The van der Waals surface area contributed by atoms with Crippen LogP contribution in [-0.4, -0.2) is 33.5 Å². The third-order valence-corrected chi connectivity index (χ3v) is 12.0. The van der Waals surface area contributed by atoms with Crippen LogP contribution in [-0.2, 0) is 0 Å². The summed E-state index contributed by atoms with van der Waals surface area (Å²) in [6.45, 7) is 2.09. The zero-order chi connectivity index (χ0) is 23.5. The van der Waals surface area contributed by atoms with Gasteiger partial charge in [-0.05, 0) is 104 Å². The first kappa shape index (κ1) is 22.4. The average Bonchev–Trinajstić information content (AvgIpc) is 3.24. The second-order valence-electron chi connectivity index (χ2n) is 12.2. The lowest BCUT2D eigenvalue weighted by Crippen LogP contribution is -2.59. The smallest absolute Gasteiger partial charge is 0.0991 e. The zero-order valence-electron chi connectivity index (χ0n) is 21.0. The van der Waals surface area contributed by atoms with Gasteiger partial charge < -0.3 is 0 Å². The monoisotopic (exact) mass is 482 g/mol. The Morgan fingerprint density at radius 3 is 2.63 bits per heavy atom. The van der Waals surface area contributed by atoms with Crippen molar-refractivity contribution in [1.82, 2.24) is 4.90 Å². The van der Waals surface area contributed by atoms with Gasteiger partial charge in [-0.15, -0.1) is 0 Å². The van der Waals surface area contributed by atoms with Crippen LogP contribution in [0.2, 0.25) is 0 Å². The van der Waals surface area contributed by atoms with Crippen molar-refractivity contribution in [1.29, 1.82) is 5.26 Å². The summed E-state index contributed by atoms with van der Waals surface area (Å²) in [5.41, 5.74) is 5.92. The predicted molar refractivity (Wildman–Crippen MR) is 146 cm³/mol. The van der Waals surface area contributed by atoms with Crippen LogP contribution in [0.3, 0.4) is 0 Å². The Labute approximate surface area is 215 Å². The summed E-state index contributed by atoms with van der Waals surface area (Å²) < 4.78 is 0. The van der Waals surface area contributed by atoms with Crippen LogP contribution in [0, 0.1) is 30.1 Å². The minimum atomic E-state index is 0.688. The summed E-state index contributed by atoms with van der Waals surface area (Å²) in [5.74, 6) is 2.53. The Morgan fingerprint density at radius 2 is 1.71 bits per heavy atom. The highest BCUT2D eigenvalue weighted by molar-refractivity contribution is 8.00. The van der Waals surface area contributed by atoms with Gasteiger partial charge in [-0.1, -0.05) is 49.6 Å². The third kappa shape index (κ3) is 3.79. The summed E-state index contributed by atoms with van der Waals surface area (Å²) in [4.78, 5) is 3.17. The maximum atomic E-state index is 9.46. The SMILES string of the molecule is Cc1cc(C#N)cc(-c2cccc(C3CCC4C(C3)C3CCCC5SC6CCCCC6N4C53)c2)c1. The highest BCUT2D eigenvalue weighted by atomic mass is 32.2. The molecule has 0 amide bonds. The number of benzene rings is 2. The molecule has 2 nitrogen and oxygen atoms in total. The molecule has 0 radical (unpaired) electrons. The fourth-order valence-electron chi connectivity index (χ4n) is 9.00. The molecule has 182 valence electrons. The zero-order valence-corrected chi connectivity index (χ0v) is 21.9. The molecule has 0 aromatic heterocycles. The maximum Gasteiger partial charge on any atom is 0.0991 e. The van der Waals surface area contributed by atoms with Crippen LogP contribution in [0.15, 0.2) is 42.5 Å². The first-order valence-electron chi connectivity index (χ1n) is 14.2. The minimum Gasteiger partial charge on any atom is -0.292 e. The van der Waals surface area contributed by atoms with Crippen molar-refractivity contribution in [3.8, 4) is 17.2 Å². The number of hydrogen-bond donors (Lipinski definition) is 0. The van der Waals surface area contributed by atoms with Crippen LogP contribution >= 0.6 is 11.8 Å². The molecular formula is C32H38N2S. The molecule has 8 atom stereocenters. The van der Waals surface area contributed by atoms with Gasteiger partial charge in [-0.25, -0.2) is 0 Å². The van der Waals surface area contributed by atoms with Crippen LogP contribution in [0.5, 0.6) is 0 Å². The van der Waals surface area contributed by atoms with E-state index < -0.39 is 0 Å². The Kier molecular flexibility index (Phi) is 5.75. The molecule has 0 N–H and O–H groups in total. The molecule has 3 saturated carbocycles. The Bertz CT molecular complexity index is 1150. The number of aryl methyl sites for hydroxylation is 1. The normalized spacial score (nSPS) is 38.2. The molecule has 2 aliphatic heterocycles. The molecule has 3 heteroatoms. The number of thioether (sulfide) groups is 1. The van der Waals surface area contributed by atoms with Crippen LogP contribution < -0.4 is 0 Å². The Morgan fingerprint density at radius 1 is 0.829 bits per heavy atom. The van der Waals surface area contributed by atoms with Crippen molar-refractivity contribution in [2.75, 3.05) is 0 Å². The van der Waals surface area contributed by atoms with E-state index in [1.165, 1.54) is 86.5 Å². The van der Waals surface area contributed by atoms with Crippen molar-refractivity contribution in [3.63, 3.8) is 0 Å². The van der Waals surface area contributed by atoms with Gasteiger partial charge in [0.05, 0.1) is 11.6 Å². The summed E-state index contributed by atoms with van der Waals surface area (Å²) in [6, 6.07) is 20.5. The second kappa shape index (κ2) is 8.97. The first-order valence-corrected chi connectivity index (χ1v) is 15.2. The molecule has 5 fully saturated rings. The van der Waals surface area contributed by atoms with Gasteiger partial charge in [0.2, 0.25) is 0 Å². The lowest BCUT2D eigenvalue weighted by atomic mass is 9.69. The van der Waals surface area contributed by atoms with E-state index in [4.69, 9.17) is 0 Å². The van der Waals surface area contributed by atoms with Crippen LogP contribution in [0.4, 0.5) is 0 Å². The van der Waals surface area contributed by atoms with E-state index in [9.17, 15) is 5.26 Å². The molecule has 3 aliphatic carbocycles. The van der Waals surface area contributed by atoms with E-state index in [1.54, 1.807) is 0 Å². The molecule has 2 heterocycles. The fraction of sp³-hybridized carbons (Fsp3) is 0.594. The molecule has 2 aromatic carbocycles. The largest absolute Gasteiger partial charge is 0.292 e. The van der Waals surface area contributed by atoms with Gasteiger partial charge in [-0.3, -0.25) is 4.90 Å². The third-order valence-electron chi connectivity index (χ3n) is 10.3. The molecule has 0 spiro atoms. The summed E-state index contributed by atoms with van der Waals surface area (Å²) in [6.07, 6.45) is 14.4. The molecule has 2 saturated heterocycles. The summed E-state index contributed by atoms with van der Waals surface area (Å²) in [5, 5.41) is 11.3. The highest BCUT2D eigenvalue weighted by Crippen LogP contribution is 2.59. The lowest BCUT2D eigenvalue weighted by Gasteiger charge is -2.53. The number of fused-ring (bicyclic) bond motifs is 5. The van der Waals surface area contributed by atoms with Crippen molar-refractivity contribution < 1.29 is 0 Å². The number of nitrogens with zero attached hydrogens (tertiary/aromatic N) is 2. The molecule has 8 unspecified atom stereocenters. The number of nitriles is 1. The van der Waals surface area contributed by atoms with Gasteiger partial charge in [0.25, 0.3) is 0 Å². The van der Waals surface area contributed by atoms with Crippen molar-refractivity contribution in [2.24, 2.45) is 11.8 Å². The molecular weight excluding hydrogens is 444 g/mol. The van der Waals surface area contributed by atoms with Crippen LogP contribution in [0.1, 0.15) is 86.8 Å². The van der Waals surface area contributed by atoms with Crippen LogP contribution in [0.25, 0.3) is 11.1 Å². The molecule has 7 rings (SSSR count). The Balaban J connectivity index is 1.17. The topological polar surface area (TPSA) is 27.0 Å². The van der Waals surface area contributed by atoms with Gasteiger partial charge >= 0.3 is 0 Å². The lowest BCUT2D eigenvalue weighted by molar-refractivity contribution is 0.0606. The summed E-state index contributed by atoms with van der Waals surface area (Å²) in [7, 11) is 0. The van der Waals surface area contributed by atoms with Crippen molar-refractivity contribution in [3.05, 3.63) is 59.2 Å². The standard InChI is InChI=1S/C32H38N2S/c1-20-14-21(19-33)16-25(15-20)23-7-4-6-22(17-23)24-12-13-28-27(18-24)26-8-5-11-31-32(26)34(28)29-9-2-3-10-30(29)35-31/h4,6-7,14-17,24,26-32H,2-3,5,8-13,18H2,1H3. The molecule has 2 aromatic rings. The fourth-order valence-corrected chi connectivity index (χ4v) is 11.0. The summed E-state index contributed by atoms with van der Waals surface area (Å²) >= 11 is 2.43. The van der Waals surface area contributed by atoms with Gasteiger partial charge in [0.15, 0.2) is 0 Å². The van der Waals surface area contributed by atoms with Gasteiger partial charge in [-0.2, -0.15) is 17.0 Å². The van der Waals surface area contributed by atoms with E-state index in [0.29, 0.717) is 5.92 Å². The molecule has 0 bridgehead atoms. The first-order chi connectivity index (χ1) is 17.2. The Hall–Kier alpha value is -1.76. The van der Waals surface area contributed by atoms with E-state index in [2.05, 4.69) is 66.1 Å². The van der Waals surface area contributed by atoms with E-state index in [-0.39, 0.29) is 0 Å². The van der Waals surface area contributed by atoms with Crippen molar-refractivity contribution in [2.45, 2.75) is 106 Å². The average molecular weight is 483 g/mol. The maximum absolute atomic E-state index is 9.46. The minimum absolute atomic E-state index is 0.688. The van der Waals surface area contributed by atoms with E-state index in [1.807, 2.05) is 6.07 Å². The number of rotatable bonds is 2. The van der Waals surface area contributed by atoms with E-state index in [0.717, 1.165) is 46.0 Å².